The fourth-order valence-corrected chi connectivity index (χ4v) is 1.95. The number of benzene rings is 1. The van der Waals surface area contributed by atoms with Crippen LogP contribution < -0.4 is 11.1 Å². The SMILES string of the molecule is Cc1cc(NC(C)c2cccc(Cl)c2)nc(N)n1. The molecule has 0 fully saturated rings. The molecule has 1 unspecified atom stereocenters. The molecule has 0 amide bonds. The summed E-state index contributed by atoms with van der Waals surface area (Å²) in [6.45, 7) is 3.92. The van der Waals surface area contributed by atoms with Gasteiger partial charge in [0.15, 0.2) is 0 Å². The normalized spacial score (nSPS) is 12.2. The molecule has 0 radical (unpaired) electrons. The first kappa shape index (κ1) is 12.6. The fourth-order valence-electron chi connectivity index (χ4n) is 1.75. The van der Waals surface area contributed by atoms with Crippen molar-refractivity contribution in [3.8, 4) is 0 Å². The Bertz CT molecular complexity index is 536. The van der Waals surface area contributed by atoms with Crippen LogP contribution in [-0.4, -0.2) is 9.97 Å². The maximum atomic E-state index is 5.97. The van der Waals surface area contributed by atoms with Crippen LogP contribution in [0, 0.1) is 6.92 Å². The van der Waals surface area contributed by atoms with Crippen molar-refractivity contribution in [2.75, 3.05) is 11.1 Å². The lowest BCUT2D eigenvalue weighted by Gasteiger charge is -2.15. The first-order valence-electron chi connectivity index (χ1n) is 5.68. The van der Waals surface area contributed by atoms with Crippen molar-refractivity contribution in [1.29, 1.82) is 0 Å². The van der Waals surface area contributed by atoms with Crippen LogP contribution in [0.25, 0.3) is 0 Å². The Kier molecular flexibility index (Phi) is 3.67. The van der Waals surface area contributed by atoms with Crippen LogP contribution in [0.3, 0.4) is 0 Å². The van der Waals surface area contributed by atoms with Crippen molar-refractivity contribution < 1.29 is 0 Å². The molecule has 0 spiro atoms. The van der Waals surface area contributed by atoms with Crippen molar-refractivity contribution in [3.63, 3.8) is 0 Å². The number of nitrogens with zero attached hydrogens (tertiary/aromatic N) is 2. The average Bonchev–Trinajstić information content (AvgIpc) is 2.27. The second kappa shape index (κ2) is 5.23. The van der Waals surface area contributed by atoms with Gasteiger partial charge < -0.3 is 11.1 Å². The molecule has 0 saturated heterocycles. The van der Waals surface area contributed by atoms with Crippen LogP contribution in [0.2, 0.25) is 5.02 Å². The highest BCUT2D eigenvalue weighted by Gasteiger charge is 2.07. The second-order valence-electron chi connectivity index (χ2n) is 4.17. The lowest BCUT2D eigenvalue weighted by atomic mass is 10.1. The minimum Gasteiger partial charge on any atom is -0.368 e. The summed E-state index contributed by atoms with van der Waals surface area (Å²) in [6, 6.07) is 9.67. The Morgan fingerprint density at radius 1 is 1.28 bits per heavy atom. The molecule has 0 aliphatic heterocycles. The first-order valence-corrected chi connectivity index (χ1v) is 6.05. The molecule has 1 atom stereocenters. The van der Waals surface area contributed by atoms with Gasteiger partial charge in [-0.1, -0.05) is 23.7 Å². The molecule has 3 N–H and O–H groups in total. The van der Waals surface area contributed by atoms with Crippen LogP contribution in [0.1, 0.15) is 24.2 Å². The molecular formula is C13H15ClN4. The number of rotatable bonds is 3. The van der Waals surface area contributed by atoms with Gasteiger partial charge in [0.25, 0.3) is 0 Å². The molecule has 18 heavy (non-hydrogen) atoms. The van der Waals surface area contributed by atoms with E-state index in [-0.39, 0.29) is 12.0 Å². The number of nitrogens with two attached hydrogens (primary N) is 1. The molecule has 1 aromatic carbocycles. The maximum Gasteiger partial charge on any atom is 0.222 e. The Hall–Kier alpha value is -1.81. The predicted octanol–water partition coefficient (Wildman–Crippen LogP) is 3.19. The van der Waals surface area contributed by atoms with Gasteiger partial charge in [0.05, 0.1) is 0 Å². The molecule has 1 aromatic heterocycles. The number of nitrogen functional groups attached to an aromatic ring is 1. The molecule has 0 saturated carbocycles. The number of hydrogen-bond acceptors (Lipinski definition) is 4. The van der Waals surface area contributed by atoms with Crippen molar-refractivity contribution >= 4 is 23.4 Å². The summed E-state index contributed by atoms with van der Waals surface area (Å²) < 4.78 is 0. The third-order valence-corrected chi connectivity index (χ3v) is 2.82. The number of halogens is 1. The van der Waals surface area contributed by atoms with Gasteiger partial charge in [-0.25, -0.2) is 4.98 Å². The van der Waals surface area contributed by atoms with Crippen LogP contribution >= 0.6 is 11.6 Å². The zero-order valence-corrected chi connectivity index (χ0v) is 11.1. The molecule has 2 rings (SSSR count). The predicted molar refractivity (Wildman–Crippen MR) is 74.7 cm³/mol. The average molecular weight is 263 g/mol. The fraction of sp³-hybridized carbons (Fsp3) is 0.231. The molecule has 1 heterocycles. The number of hydrogen-bond donors (Lipinski definition) is 2. The number of nitrogens with one attached hydrogen (secondary N) is 1. The zero-order chi connectivity index (χ0) is 13.1. The van der Waals surface area contributed by atoms with Crippen LogP contribution in [0.5, 0.6) is 0 Å². The summed E-state index contributed by atoms with van der Waals surface area (Å²) in [5, 5.41) is 4.00. The Morgan fingerprint density at radius 3 is 2.72 bits per heavy atom. The molecule has 0 bridgehead atoms. The van der Waals surface area contributed by atoms with Crippen LogP contribution in [-0.2, 0) is 0 Å². The summed E-state index contributed by atoms with van der Waals surface area (Å²) in [7, 11) is 0. The summed E-state index contributed by atoms with van der Waals surface area (Å²) in [5.74, 6) is 0.989. The van der Waals surface area contributed by atoms with Gasteiger partial charge in [0, 0.05) is 22.8 Å². The summed E-state index contributed by atoms with van der Waals surface area (Å²) >= 11 is 5.97. The second-order valence-corrected chi connectivity index (χ2v) is 4.61. The third-order valence-electron chi connectivity index (χ3n) is 2.58. The Labute approximate surface area is 111 Å². The lowest BCUT2D eigenvalue weighted by Crippen LogP contribution is -2.09. The molecule has 2 aromatic rings. The number of aryl methyl sites for hydroxylation is 1. The van der Waals surface area contributed by atoms with Gasteiger partial charge in [0.2, 0.25) is 5.95 Å². The third kappa shape index (κ3) is 3.11. The molecule has 94 valence electrons. The lowest BCUT2D eigenvalue weighted by molar-refractivity contribution is 0.871. The van der Waals surface area contributed by atoms with Gasteiger partial charge in [-0.2, -0.15) is 4.98 Å². The minimum absolute atomic E-state index is 0.0948. The highest BCUT2D eigenvalue weighted by Crippen LogP contribution is 2.21. The smallest absolute Gasteiger partial charge is 0.222 e. The van der Waals surface area contributed by atoms with Gasteiger partial charge in [0.1, 0.15) is 5.82 Å². The maximum absolute atomic E-state index is 5.97. The van der Waals surface area contributed by atoms with Crippen LogP contribution in [0.15, 0.2) is 30.3 Å². The standard InChI is InChI=1S/C13H15ClN4/c1-8-6-12(18-13(15)16-8)17-9(2)10-4-3-5-11(14)7-10/h3-7,9H,1-2H3,(H3,15,16,17,18). The van der Waals surface area contributed by atoms with E-state index < -0.39 is 0 Å². The van der Waals surface area contributed by atoms with Crippen molar-refractivity contribution in [1.82, 2.24) is 9.97 Å². The van der Waals surface area contributed by atoms with E-state index in [2.05, 4.69) is 15.3 Å². The zero-order valence-electron chi connectivity index (χ0n) is 10.3. The topological polar surface area (TPSA) is 63.8 Å². The number of aromatic nitrogens is 2. The summed E-state index contributed by atoms with van der Waals surface area (Å²) in [5.41, 5.74) is 7.55. The van der Waals surface area contributed by atoms with Gasteiger partial charge in [-0.3, -0.25) is 0 Å². The highest BCUT2D eigenvalue weighted by atomic mass is 35.5. The largest absolute Gasteiger partial charge is 0.368 e. The molecule has 4 nitrogen and oxygen atoms in total. The monoisotopic (exact) mass is 262 g/mol. The molecule has 0 aliphatic carbocycles. The Morgan fingerprint density at radius 2 is 2.06 bits per heavy atom. The van der Waals surface area contributed by atoms with E-state index in [1.54, 1.807) is 0 Å². The molecular weight excluding hydrogens is 248 g/mol. The van der Waals surface area contributed by atoms with Crippen molar-refractivity contribution in [2.45, 2.75) is 19.9 Å². The number of anilines is 2. The van der Waals surface area contributed by atoms with Gasteiger partial charge in [-0.15, -0.1) is 0 Å². The van der Waals surface area contributed by atoms with E-state index in [0.717, 1.165) is 16.3 Å². The first-order chi connectivity index (χ1) is 8.54. The minimum atomic E-state index is 0.0948. The van der Waals surface area contributed by atoms with E-state index in [1.807, 2.05) is 44.2 Å². The van der Waals surface area contributed by atoms with Crippen molar-refractivity contribution in [2.24, 2.45) is 0 Å². The van der Waals surface area contributed by atoms with E-state index in [1.165, 1.54) is 0 Å². The van der Waals surface area contributed by atoms with Gasteiger partial charge in [-0.05, 0) is 31.5 Å². The molecule has 5 heteroatoms. The van der Waals surface area contributed by atoms with Crippen molar-refractivity contribution in [3.05, 3.63) is 46.6 Å². The highest BCUT2D eigenvalue weighted by molar-refractivity contribution is 6.30. The van der Waals surface area contributed by atoms with E-state index in [4.69, 9.17) is 17.3 Å². The summed E-state index contributed by atoms with van der Waals surface area (Å²) in [4.78, 5) is 8.18. The van der Waals surface area contributed by atoms with E-state index in [0.29, 0.717) is 5.82 Å². The Balaban J connectivity index is 2.18. The van der Waals surface area contributed by atoms with E-state index in [9.17, 15) is 0 Å². The van der Waals surface area contributed by atoms with Crippen LogP contribution in [0.4, 0.5) is 11.8 Å². The van der Waals surface area contributed by atoms with Gasteiger partial charge >= 0.3 is 0 Å². The van der Waals surface area contributed by atoms with E-state index >= 15 is 0 Å². The quantitative estimate of drug-likeness (QED) is 0.892. The molecule has 0 aliphatic rings. The summed E-state index contributed by atoms with van der Waals surface area (Å²) in [6.07, 6.45) is 0.